The van der Waals surface area contributed by atoms with E-state index in [9.17, 15) is 9.59 Å². The second-order valence-electron chi connectivity index (χ2n) is 5.41. The summed E-state index contributed by atoms with van der Waals surface area (Å²) < 4.78 is 5.05. The number of nitrogens with one attached hydrogen (secondary N) is 1. The number of hydrogen-bond acceptors (Lipinski definition) is 6. The van der Waals surface area contributed by atoms with Gasteiger partial charge in [0.05, 0.1) is 10.7 Å². The molecule has 1 aromatic heterocycles. The summed E-state index contributed by atoms with van der Waals surface area (Å²) >= 11 is 2.97. The van der Waals surface area contributed by atoms with Crippen LogP contribution in [-0.4, -0.2) is 39.5 Å². The molecule has 0 aliphatic rings. The van der Waals surface area contributed by atoms with Crippen molar-refractivity contribution in [3.8, 4) is 0 Å². The number of thiazole rings is 1. The van der Waals surface area contributed by atoms with Crippen LogP contribution in [0, 0.1) is 6.92 Å². The molecule has 0 bridgehead atoms. The molecule has 0 radical (unpaired) electrons. The average Bonchev–Trinajstić information content (AvgIpc) is 2.71. The van der Waals surface area contributed by atoms with Crippen LogP contribution in [0.1, 0.15) is 31.5 Å². The molecule has 2 N–H and O–H groups in total. The van der Waals surface area contributed by atoms with Crippen LogP contribution in [-0.2, 0) is 15.3 Å². The Labute approximate surface area is 132 Å². The van der Waals surface area contributed by atoms with E-state index >= 15 is 0 Å². The monoisotopic (exact) mass is 332 g/mol. The number of rotatable bonds is 6. The summed E-state index contributed by atoms with van der Waals surface area (Å²) in [4.78, 5) is 27.0. The second-order valence-corrected chi connectivity index (χ2v) is 7.50. The fraction of sp³-hybridized carbons (Fsp3) is 0.615. The van der Waals surface area contributed by atoms with Crippen LogP contribution < -0.4 is 5.32 Å². The first-order chi connectivity index (χ1) is 9.67. The highest BCUT2D eigenvalue weighted by Gasteiger charge is 2.23. The van der Waals surface area contributed by atoms with Crippen molar-refractivity contribution >= 4 is 35.2 Å². The van der Waals surface area contributed by atoms with Gasteiger partial charge in [0.1, 0.15) is 11.6 Å². The van der Waals surface area contributed by atoms with E-state index in [1.807, 2.05) is 12.3 Å². The molecule has 0 saturated heterocycles. The zero-order valence-electron chi connectivity index (χ0n) is 12.5. The Bertz CT molecular complexity index is 497. The molecule has 118 valence electrons. The SMILES string of the molecule is Cc1nc(CSCC(NC(=O)OC(C)(C)C)C(=O)O)cs1. The number of nitrogens with zero attached hydrogens (tertiary/aromatic N) is 1. The highest BCUT2D eigenvalue weighted by atomic mass is 32.2. The number of alkyl carbamates (subject to hydrolysis) is 1. The van der Waals surface area contributed by atoms with E-state index in [-0.39, 0.29) is 5.75 Å². The molecule has 0 fully saturated rings. The molecule has 1 unspecified atom stereocenters. The van der Waals surface area contributed by atoms with Crippen molar-refractivity contribution in [3.63, 3.8) is 0 Å². The third-order valence-electron chi connectivity index (χ3n) is 2.19. The maximum Gasteiger partial charge on any atom is 0.408 e. The van der Waals surface area contributed by atoms with E-state index in [1.165, 1.54) is 11.8 Å². The summed E-state index contributed by atoms with van der Waals surface area (Å²) in [5, 5.41) is 14.4. The molecular weight excluding hydrogens is 312 g/mol. The number of amides is 1. The minimum atomic E-state index is -1.08. The molecule has 0 spiro atoms. The van der Waals surface area contributed by atoms with Gasteiger partial charge in [-0.3, -0.25) is 0 Å². The first kappa shape index (κ1) is 17.8. The Balaban J connectivity index is 2.43. The molecule has 0 aliphatic heterocycles. The van der Waals surface area contributed by atoms with E-state index in [0.29, 0.717) is 5.75 Å². The lowest BCUT2D eigenvalue weighted by atomic mass is 10.2. The minimum absolute atomic E-state index is 0.255. The van der Waals surface area contributed by atoms with Crippen LogP contribution in [0.2, 0.25) is 0 Å². The topological polar surface area (TPSA) is 88.5 Å². The Morgan fingerprint density at radius 3 is 2.67 bits per heavy atom. The quantitative estimate of drug-likeness (QED) is 0.832. The predicted molar refractivity (Wildman–Crippen MR) is 83.8 cm³/mol. The Morgan fingerprint density at radius 2 is 2.19 bits per heavy atom. The van der Waals surface area contributed by atoms with Crippen LogP contribution in [0.5, 0.6) is 0 Å². The zero-order valence-corrected chi connectivity index (χ0v) is 14.1. The standard InChI is InChI=1S/C13H20N2O4S2/c1-8-14-9(6-21-8)5-20-7-10(11(16)17)15-12(18)19-13(2,3)4/h6,10H,5,7H2,1-4H3,(H,15,18)(H,16,17). The largest absolute Gasteiger partial charge is 0.480 e. The smallest absolute Gasteiger partial charge is 0.408 e. The van der Waals surface area contributed by atoms with Gasteiger partial charge in [0, 0.05) is 16.9 Å². The first-order valence-electron chi connectivity index (χ1n) is 6.38. The Morgan fingerprint density at radius 1 is 1.52 bits per heavy atom. The number of carbonyl (C=O) groups excluding carboxylic acids is 1. The van der Waals surface area contributed by atoms with Gasteiger partial charge in [-0.05, 0) is 27.7 Å². The fourth-order valence-electron chi connectivity index (χ4n) is 1.38. The van der Waals surface area contributed by atoms with Crippen LogP contribution in [0.4, 0.5) is 4.79 Å². The normalized spacial score (nSPS) is 12.8. The fourth-order valence-corrected chi connectivity index (χ4v) is 3.03. The summed E-state index contributed by atoms with van der Waals surface area (Å²) in [7, 11) is 0. The van der Waals surface area contributed by atoms with Crippen molar-refractivity contribution in [1.29, 1.82) is 0 Å². The van der Waals surface area contributed by atoms with Crippen molar-refractivity contribution in [2.45, 2.75) is 45.1 Å². The highest BCUT2D eigenvalue weighted by Crippen LogP contribution is 2.16. The Kier molecular flexibility index (Phi) is 6.47. The van der Waals surface area contributed by atoms with E-state index in [1.54, 1.807) is 32.1 Å². The Hall–Kier alpha value is -1.28. The van der Waals surface area contributed by atoms with E-state index in [2.05, 4.69) is 10.3 Å². The summed E-state index contributed by atoms with van der Waals surface area (Å²) in [6, 6.07) is -0.982. The highest BCUT2D eigenvalue weighted by molar-refractivity contribution is 7.98. The zero-order chi connectivity index (χ0) is 16.0. The molecule has 1 aromatic rings. The predicted octanol–water partition coefficient (Wildman–Crippen LogP) is 2.66. The lowest BCUT2D eigenvalue weighted by Crippen LogP contribution is -2.44. The maximum atomic E-state index is 11.6. The lowest BCUT2D eigenvalue weighted by molar-refractivity contribution is -0.138. The molecule has 0 aromatic carbocycles. The molecule has 1 rings (SSSR count). The second kappa shape index (κ2) is 7.65. The first-order valence-corrected chi connectivity index (χ1v) is 8.42. The third kappa shape index (κ3) is 7.33. The van der Waals surface area contributed by atoms with Crippen LogP contribution in [0.3, 0.4) is 0 Å². The van der Waals surface area contributed by atoms with E-state index in [4.69, 9.17) is 9.84 Å². The molecule has 21 heavy (non-hydrogen) atoms. The van der Waals surface area contributed by atoms with Gasteiger partial charge in [0.25, 0.3) is 0 Å². The van der Waals surface area contributed by atoms with Crippen LogP contribution >= 0.6 is 23.1 Å². The van der Waals surface area contributed by atoms with E-state index in [0.717, 1.165) is 10.7 Å². The molecule has 0 saturated carbocycles. The van der Waals surface area contributed by atoms with Gasteiger partial charge in [-0.2, -0.15) is 11.8 Å². The number of hydrogen-bond donors (Lipinski definition) is 2. The maximum absolute atomic E-state index is 11.6. The van der Waals surface area contributed by atoms with E-state index < -0.39 is 23.7 Å². The van der Waals surface area contributed by atoms with Gasteiger partial charge in [0.2, 0.25) is 0 Å². The lowest BCUT2D eigenvalue weighted by Gasteiger charge is -2.21. The number of aryl methyl sites for hydroxylation is 1. The van der Waals surface area contributed by atoms with Gasteiger partial charge < -0.3 is 15.2 Å². The summed E-state index contributed by atoms with van der Waals surface area (Å²) in [6.45, 7) is 7.09. The van der Waals surface area contributed by atoms with Crippen molar-refractivity contribution < 1.29 is 19.4 Å². The van der Waals surface area contributed by atoms with Crippen molar-refractivity contribution in [2.24, 2.45) is 0 Å². The molecule has 1 atom stereocenters. The summed E-state index contributed by atoms with van der Waals surface area (Å²) in [6.07, 6.45) is -0.722. The number of ether oxygens (including phenoxy) is 1. The summed E-state index contributed by atoms with van der Waals surface area (Å²) in [5.41, 5.74) is 0.266. The summed E-state index contributed by atoms with van der Waals surface area (Å²) in [5.74, 6) is -0.210. The molecule has 1 heterocycles. The molecule has 8 heteroatoms. The number of carboxylic acids is 1. The van der Waals surface area contributed by atoms with Crippen molar-refractivity contribution in [2.75, 3.05) is 5.75 Å². The number of aromatic nitrogens is 1. The number of carboxylic acid groups (broad SMARTS) is 1. The average molecular weight is 332 g/mol. The van der Waals surface area contributed by atoms with Gasteiger partial charge in [-0.15, -0.1) is 11.3 Å². The van der Waals surface area contributed by atoms with Gasteiger partial charge >= 0.3 is 12.1 Å². The number of carbonyl (C=O) groups is 2. The minimum Gasteiger partial charge on any atom is -0.480 e. The van der Waals surface area contributed by atoms with Crippen LogP contribution in [0.25, 0.3) is 0 Å². The third-order valence-corrected chi connectivity index (χ3v) is 4.08. The number of thioether (sulfide) groups is 1. The molecule has 6 nitrogen and oxygen atoms in total. The van der Waals surface area contributed by atoms with Crippen LogP contribution in [0.15, 0.2) is 5.38 Å². The van der Waals surface area contributed by atoms with Gasteiger partial charge in [-0.1, -0.05) is 0 Å². The van der Waals surface area contributed by atoms with Crippen molar-refractivity contribution in [1.82, 2.24) is 10.3 Å². The number of aliphatic carboxylic acids is 1. The van der Waals surface area contributed by atoms with Gasteiger partial charge in [-0.25, -0.2) is 14.6 Å². The molecule has 0 aliphatic carbocycles. The molecular formula is C13H20N2O4S2. The molecule has 1 amide bonds. The van der Waals surface area contributed by atoms with Crippen molar-refractivity contribution in [3.05, 3.63) is 16.1 Å². The van der Waals surface area contributed by atoms with Gasteiger partial charge in [0.15, 0.2) is 0 Å².